The van der Waals surface area contributed by atoms with E-state index in [9.17, 15) is 9.59 Å². The van der Waals surface area contributed by atoms with Crippen LogP contribution >= 0.6 is 0 Å². The van der Waals surface area contributed by atoms with Crippen LogP contribution in [0.2, 0.25) is 0 Å². The minimum absolute atomic E-state index is 0.304. The lowest BCUT2D eigenvalue weighted by Crippen LogP contribution is -2.40. The van der Waals surface area contributed by atoms with Crippen LogP contribution in [0, 0.1) is 0 Å². The molecule has 0 bridgehead atoms. The summed E-state index contributed by atoms with van der Waals surface area (Å²) in [7, 11) is 0. The number of carbonyl (C=O) groups excluding carboxylic acids is 1. The van der Waals surface area contributed by atoms with Gasteiger partial charge in [0.1, 0.15) is 6.04 Å². The molecule has 0 aromatic heterocycles. The van der Waals surface area contributed by atoms with Crippen molar-refractivity contribution in [3.8, 4) is 0 Å². The molecule has 0 saturated heterocycles. The van der Waals surface area contributed by atoms with Gasteiger partial charge in [0.25, 0.3) is 0 Å². The molecule has 88 valence electrons. The van der Waals surface area contributed by atoms with E-state index in [-0.39, 0.29) is 5.91 Å². The highest BCUT2D eigenvalue weighted by molar-refractivity contribution is 5.81. The van der Waals surface area contributed by atoms with Crippen molar-refractivity contribution in [1.29, 1.82) is 0 Å². The fourth-order valence-corrected chi connectivity index (χ4v) is 1.05. The molecule has 0 aromatic carbocycles. The van der Waals surface area contributed by atoms with Crippen LogP contribution in [0.4, 0.5) is 0 Å². The first-order valence-corrected chi connectivity index (χ1v) is 5.15. The first-order valence-electron chi connectivity index (χ1n) is 5.15. The van der Waals surface area contributed by atoms with E-state index in [0.29, 0.717) is 19.6 Å². The van der Waals surface area contributed by atoms with E-state index < -0.39 is 12.0 Å². The summed E-state index contributed by atoms with van der Waals surface area (Å²) in [6.45, 7) is 4.36. The van der Waals surface area contributed by atoms with Gasteiger partial charge in [0.15, 0.2) is 0 Å². The maximum Gasteiger partial charge on any atom is 0.326 e. The maximum absolute atomic E-state index is 10.7. The lowest BCUT2D eigenvalue weighted by Gasteiger charge is -2.12. The Hall–Kier alpha value is -1.10. The molecular weight excluding hydrogens is 198 g/mol. The van der Waals surface area contributed by atoms with Crippen molar-refractivity contribution in [2.45, 2.75) is 39.2 Å². The largest absolute Gasteiger partial charge is 0.480 e. The minimum Gasteiger partial charge on any atom is -0.480 e. The third-order valence-corrected chi connectivity index (χ3v) is 1.87. The van der Waals surface area contributed by atoms with E-state index in [1.807, 2.05) is 0 Å². The van der Waals surface area contributed by atoms with E-state index in [4.69, 9.17) is 9.84 Å². The van der Waals surface area contributed by atoms with Gasteiger partial charge in [-0.1, -0.05) is 13.3 Å². The van der Waals surface area contributed by atoms with Crippen LogP contribution in [0.3, 0.4) is 0 Å². The van der Waals surface area contributed by atoms with Gasteiger partial charge in [-0.3, -0.25) is 4.79 Å². The Morgan fingerprint density at radius 1 is 1.40 bits per heavy atom. The molecule has 1 unspecified atom stereocenters. The summed E-state index contributed by atoms with van der Waals surface area (Å²) in [6, 6.07) is -0.843. The van der Waals surface area contributed by atoms with Crippen LogP contribution in [0.1, 0.15) is 33.1 Å². The van der Waals surface area contributed by atoms with E-state index in [1.165, 1.54) is 6.92 Å². The molecule has 0 heterocycles. The molecule has 0 fully saturated rings. The summed E-state index contributed by atoms with van der Waals surface area (Å²) in [4.78, 5) is 21.4. The van der Waals surface area contributed by atoms with Crippen molar-refractivity contribution in [3.63, 3.8) is 0 Å². The molecule has 0 aliphatic carbocycles. The van der Waals surface area contributed by atoms with Crippen molar-refractivity contribution < 1.29 is 19.4 Å². The number of carbonyl (C=O) groups is 2. The van der Waals surface area contributed by atoms with E-state index >= 15 is 0 Å². The molecule has 0 saturated carbocycles. The summed E-state index contributed by atoms with van der Waals surface area (Å²) < 4.78 is 5.22. The lowest BCUT2D eigenvalue weighted by atomic mass is 10.2. The zero-order chi connectivity index (χ0) is 11.7. The third kappa shape index (κ3) is 7.93. The zero-order valence-electron chi connectivity index (χ0n) is 9.28. The SMILES string of the molecule is CCCCOCCC(NC(C)=O)C(=O)O. The first kappa shape index (κ1) is 13.9. The molecule has 0 radical (unpaired) electrons. The van der Waals surface area contributed by atoms with Crippen LogP contribution < -0.4 is 5.32 Å². The smallest absolute Gasteiger partial charge is 0.326 e. The van der Waals surface area contributed by atoms with Crippen molar-refractivity contribution in [3.05, 3.63) is 0 Å². The van der Waals surface area contributed by atoms with Crippen LogP contribution in [0.15, 0.2) is 0 Å². The van der Waals surface area contributed by atoms with Gasteiger partial charge in [0, 0.05) is 26.6 Å². The van der Waals surface area contributed by atoms with Gasteiger partial charge < -0.3 is 15.2 Å². The second-order valence-electron chi connectivity index (χ2n) is 3.35. The zero-order valence-corrected chi connectivity index (χ0v) is 9.28. The fraction of sp³-hybridized carbons (Fsp3) is 0.800. The molecule has 2 N–H and O–H groups in total. The summed E-state index contributed by atoms with van der Waals surface area (Å²) >= 11 is 0. The number of nitrogens with one attached hydrogen (secondary N) is 1. The summed E-state index contributed by atoms with van der Waals surface area (Å²) in [5.74, 6) is -1.36. The van der Waals surface area contributed by atoms with Gasteiger partial charge >= 0.3 is 5.97 Å². The first-order chi connectivity index (χ1) is 7.07. The molecule has 0 spiro atoms. The topological polar surface area (TPSA) is 75.6 Å². The molecule has 0 aliphatic heterocycles. The number of ether oxygens (including phenoxy) is 1. The Morgan fingerprint density at radius 2 is 2.07 bits per heavy atom. The minimum atomic E-state index is -1.02. The average molecular weight is 217 g/mol. The number of amides is 1. The van der Waals surface area contributed by atoms with Gasteiger partial charge in [0.2, 0.25) is 5.91 Å². The fourth-order valence-electron chi connectivity index (χ4n) is 1.05. The van der Waals surface area contributed by atoms with Crippen molar-refractivity contribution in [1.82, 2.24) is 5.32 Å². The van der Waals surface area contributed by atoms with Crippen LogP contribution in [0.5, 0.6) is 0 Å². The van der Waals surface area contributed by atoms with E-state index in [1.54, 1.807) is 0 Å². The number of rotatable bonds is 8. The van der Waals surface area contributed by atoms with E-state index in [0.717, 1.165) is 12.8 Å². The summed E-state index contributed by atoms with van der Waals surface area (Å²) in [5.41, 5.74) is 0. The maximum atomic E-state index is 10.7. The highest BCUT2D eigenvalue weighted by Gasteiger charge is 2.17. The number of carboxylic acid groups (broad SMARTS) is 1. The second kappa shape index (κ2) is 8.23. The normalized spacial score (nSPS) is 12.1. The van der Waals surface area contributed by atoms with Gasteiger partial charge in [-0.25, -0.2) is 4.79 Å². The van der Waals surface area contributed by atoms with Gasteiger partial charge in [-0.15, -0.1) is 0 Å². The van der Waals surface area contributed by atoms with Crippen LogP contribution in [-0.4, -0.2) is 36.2 Å². The van der Waals surface area contributed by atoms with Crippen molar-refractivity contribution in [2.24, 2.45) is 0 Å². The molecule has 0 aliphatic rings. The monoisotopic (exact) mass is 217 g/mol. The molecule has 0 rings (SSSR count). The number of unbranched alkanes of at least 4 members (excludes halogenated alkanes) is 1. The third-order valence-electron chi connectivity index (χ3n) is 1.87. The predicted molar refractivity (Wildman–Crippen MR) is 55.6 cm³/mol. The van der Waals surface area contributed by atoms with Gasteiger partial charge in [-0.2, -0.15) is 0 Å². The predicted octanol–water partition coefficient (Wildman–Crippen LogP) is 0.782. The number of hydrogen-bond acceptors (Lipinski definition) is 3. The molecular formula is C10H19NO4. The Morgan fingerprint density at radius 3 is 2.53 bits per heavy atom. The van der Waals surface area contributed by atoms with Crippen LogP contribution in [-0.2, 0) is 14.3 Å². The number of aliphatic carboxylic acids is 1. The average Bonchev–Trinajstić information content (AvgIpc) is 2.15. The summed E-state index contributed by atoms with van der Waals surface area (Å²) in [5, 5.41) is 11.1. The summed E-state index contributed by atoms with van der Waals surface area (Å²) in [6.07, 6.45) is 2.32. The Bertz CT molecular complexity index is 206. The lowest BCUT2D eigenvalue weighted by molar-refractivity contribution is -0.142. The molecule has 5 heteroatoms. The quantitative estimate of drug-likeness (QED) is 0.589. The second-order valence-corrected chi connectivity index (χ2v) is 3.35. The Kier molecular flexibility index (Phi) is 7.62. The number of hydrogen-bond donors (Lipinski definition) is 2. The van der Waals surface area contributed by atoms with E-state index in [2.05, 4.69) is 12.2 Å². The van der Waals surface area contributed by atoms with Crippen molar-refractivity contribution in [2.75, 3.05) is 13.2 Å². The standard InChI is InChI=1S/C10H19NO4/c1-3-4-6-15-7-5-9(10(13)14)11-8(2)12/h9H,3-7H2,1-2H3,(H,11,12)(H,13,14). The highest BCUT2D eigenvalue weighted by atomic mass is 16.5. The van der Waals surface area contributed by atoms with Crippen LogP contribution in [0.25, 0.3) is 0 Å². The number of carboxylic acids is 1. The van der Waals surface area contributed by atoms with Crippen molar-refractivity contribution >= 4 is 11.9 Å². The van der Waals surface area contributed by atoms with Gasteiger partial charge in [-0.05, 0) is 6.42 Å². The molecule has 0 aromatic rings. The Balaban J connectivity index is 3.67. The molecule has 1 atom stereocenters. The Labute approximate surface area is 89.8 Å². The highest BCUT2D eigenvalue weighted by Crippen LogP contribution is 1.95. The molecule has 1 amide bonds. The molecule has 5 nitrogen and oxygen atoms in total. The molecule has 15 heavy (non-hydrogen) atoms. The van der Waals surface area contributed by atoms with Gasteiger partial charge in [0.05, 0.1) is 0 Å².